The first-order valence-corrected chi connectivity index (χ1v) is 7.00. The van der Waals surface area contributed by atoms with Gasteiger partial charge >= 0.3 is 0 Å². The molecule has 1 aromatic carbocycles. The largest absolute Gasteiger partial charge is 0.467 e. The van der Waals surface area contributed by atoms with E-state index in [2.05, 4.69) is 29.4 Å². The number of rotatable bonds is 5. The number of pyridine rings is 1. The fourth-order valence-electron chi connectivity index (χ4n) is 2.48. The minimum atomic E-state index is 0.0675. The number of aromatic nitrogens is 1. The van der Waals surface area contributed by atoms with Gasteiger partial charge in [0.05, 0.1) is 17.8 Å². The van der Waals surface area contributed by atoms with Crippen molar-refractivity contribution in [2.75, 3.05) is 6.54 Å². The maximum Gasteiger partial charge on any atom is 0.125 e. The molecule has 1 atom stereocenters. The predicted octanol–water partition coefficient (Wildman–Crippen LogP) is 3.92. The van der Waals surface area contributed by atoms with Gasteiger partial charge in [-0.25, -0.2) is 0 Å². The van der Waals surface area contributed by atoms with Crippen LogP contribution in [0.4, 0.5) is 0 Å². The summed E-state index contributed by atoms with van der Waals surface area (Å²) in [6, 6.07) is 14.3. The van der Waals surface area contributed by atoms with Crippen LogP contribution in [-0.2, 0) is 0 Å². The van der Waals surface area contributed by atoms with E-state index in [1.165, 1.54) is 10.9 Å². The van der Waals surface area contributed by atoms with Crippen molar-refractivity contribution in [1.29, 1.82) is 0 Å². The monoisotopic (exact) mass is 266 g/mol. The quantitative estimate of drug-likeness (QED) is 0.760. The highest BCUT2D eigenvalue weighted by molar-refractivity contribution is 5.82. The van der Waals surface area contributed by atoms with Gasteiger partial charge in [0.2, 0.25) is 0 Å². The van der Waals surface area contributed by atoms with E-state index in [1.54, 1.807) is 6.26 Å². The number of fused-ring (bicyclic) bond motifs is 1. The molecule has 3 aromatic rings. The lowest BCUT2D eigenvalue weighted by Gasteiger charge is -2.18. The molecule has 0 spiro atoms. The highest BCUT2D eigenvalue weighted by atomic mass is 16.3. The number of hydrogen-bond acceptors (Lipinski definition) is 3. The van der Waals surface area contributed by atoms with Gasteiger partial charge < -0.3 is 9.73 Å². The summed E-state index contributed by atoms with van der Waals surface area (Å²) in [5.41, 5.74) is 2.22. The Balaban J connectivity index is 2.09. The molecular weight excluding hydrogens is 248 g/mol. The minimum absolute atomic E-state index is 0.0675. The van der Waals surface area contributed by atoms with Gasteiger partial charge in [-0.2, -0.15) is 0 Å². The molecule has 0 aliphatic heterocycles. The van der Waals surface area contributed by atoms with Crippen molar-refractivity contribution in [2.24, 2.45) is 0 Å². The van der Waals surface area contributed by atoms with Crippen LogP contribution in [0.3, 0.4) is 0 Å². The SMILES string of the molecule is CCCNC(c1ccco1)c1ccnc2ccccc12. The van der Waals surface area contributed by atoms with Gasteiger partial charge in [0, 0.05) is 11.6 Å². The lowest BCUT2D eigenvalue weighted by Crippen LogP contribution is -2.23. The lowest BCUT2D eigenvalue weighted by molar-refractivity contribution is 0.448. The van der Waals surface area contributed by atoms with Crippen molar-refractivity contribution in [1.82, 2.24) is 10.3 Å². The fraction of sp³-hybridized carbons (Fsp3) is 0.235. The Hall–Kier alpha value is -2.13. The lowest BCUT2D eigenvalue weighted by atomic mass is 10.00. The molecule has 2 aromatic heterocycles. The van der Waals surface area contributed by atoms with E-state index in [9.17, 15) is 0 Å². The van der Waals surface area contributed by atoms with Gasteiger partial charge in [-0.15, -0.1) is 0 Å². The van der Waals surface area contributed by atoms with E-state index in [1.807, 2.05) is 36.5 Å². The summed E-state index contributed by atoms with van der Waals surface area (Å²) in [6.45, 7) is 3.11. The highest BCUT2D eigenvalue weighted by Gasteiger charge is 2.18. The van der Waals surface area contributed by atoms with Crippen molar-refractivity contribution in [2.45, 2.75) is 19.4 Å². The van der Waals surface area contributed by atoms with Crippen LogP contribution >= 0.6 is 0 Å². The van der Waals surface area contributed by atoms with Crippen molar-refractivity contribution >= 4 is 10.9 Å². The van der Waals surface area contributed by atoms with Crippen LogP contribution in [0.25, 0.3) is 10.9 Å². The first-order chi connectivity index (χ1) is 9.90. The van der Waals surface area contributed by atoms with E-state index in [0.29, 0.717) is 0 Å². The standard InChI is InChI=1S/C17H18N2O/c1-2-10-19-17(16-8-5-12-20-16)14-9-11-18-15-7-4-3-6-13(14)15/h3-9,11-12,17,19H,2,10H2,1H3. The van der Waals surface area contributed by atoms with Crippen LogP contribution in [-0.4, -0.2) is 11.5 Å². The second kappa shape index (κ2) is 5.88. The molecule has 0 fully saturated rings. The van der Waals surface area contributed by atoms with Crippen LogP contribution in [0.2, 0.25) is 0 Å². The topological polar surface area (TPSA) is 38.1 Å². The zero-order valence-corrected chi connectivity index (χ0v) is 11.5. The Morgan fingerprint density at radius 3 is 2.85 bits per heavy atom. The third-order valence-corrected chi connectivity index (χ3v) is 3.42. The Kier molecular flexibility index (Phi) is 3.79. The summed E-state index contributed by atoms with van der Waals surface area (Å²) in [5.74, 6) is 0.940. The molecular formula is C17H18N2O. The first kappa shape index (κ1) is 12.9. The number of furan rings is 1. The first-order valence-electron chi connectivity index (χ1n) is 7.00. The summed E-state index contributed by atoms with van der Waals surface area (Å²) in [6.07, 6.45) is 4.67. The number of hydrogen-bond donors (Lipinski definition) is 1. The van der Waals surface area contributed by atoms with Gasteiger partial charge in [0.1, 0.15) is 5.76 Å². The molecule has 20 heavy (non-hydrogen) atoms. The Morgan fingerprint density at radius 1 is 1.15 bits per heavy atom. The van der Waals surface area contributed by atoms with Gasteiger partial charge in [-0.1, -0.05) is 25.1 Å². The maximum atomic E-state index is 5.61. The smallest absolute Gasteiger partial charge is 0.125 e. The average molecular weight is 266 g/mol. The van der Waals surface area contributed by atoms with Gasteiger partial charge in [0.25, 0.3) is 0 Å². The summed E-state index contributed by atoms with van der Waals surface area (Å²) >= 11 is 0. The Bertz CT molecular complexity index is 671. The zero-order chi connectivity index (χ0) is 13.8. The number of benzene rings is 1. The molecule has 0 radical (unpaired) electrons. The van der Waals surface area contributed by atoms with Gasteiger partial charge in [-0.05, 0) is 42.8 Å². The van der Waals surface area contributed by atoms with Crippen molar-refractivity contribution < 1.29 is 4.42 Å². The molecule has 3 heteroatoms. The average Bonchev–Trinajstić information content (AvgIpc) is 3.02. The molecule has 0 saturated carbocycles. The molecule has 0 aliphatic carbocycles. The second-order valence-electron chi connectivity index (χ2n) is 4.82. The van der Waals surface area contributed by atoms with Crippen LogP contribution in [0, 0.1) is 0 Å². The Morgan fingerprint density at radius 2 is 2.05 bits per heavy atom. The number of para-hydroxylation sites is 1. The van der Waals surface area contributed by atoms with E-state index in [4.69, 9.17) is 4.42 Å². The van der Waals surface area contributed by atoms with Crippen LogP contribution < -0.4 is 5.32 Å². The van der Waals surface area contributed by atoms with E-state index in [0.717, 1.165) is 24.2 Å². The summed E-state index contributed by atoms with van der Waals surface area (Å²) in [5, 5.41) is 4.73. The van der Waals surface area contributed by atoms with Crippen molar-refractivity contribution in [3.05, 3.63) is 66.2 Å². The van der Waals surface area contributed by atoms with Crippen LogP contribution in [0.1, 0.15) is 30.7 Å². The minimum Gasteiger partial charge on any atom is -0.467 e. The normalized spacial score (nSPS) is 12.7. The fourth-order valence-corrected chi connectivity index (χ4v) is 2.48. The molecule has 3 nitrogen and oxygen atoms in total. The van der Waals surface area contributed by atoms with Crippen molar-refractivity contribution in [3.8, 4) is 0 Å². The molecule has 0 amide bonds. The number of nitrogens with one attached hydrogen (secondary N) is 1. The molecule has 0 bridgehead atoms. The van der Waals surface area contributed by atoms with E-state index < -0.39 is 0 Å². The molecule has 1 unspecified atom stereocenters. The third kappa shape index (κ3) is 2.45. The number of nitrogens with zero attached hydrogens (tertiary/aromatic N) is 1. The molecule has 3 rings (SSSR count). The van der Waals surface area contributed by atoms with Crippen LogP contribution in [0.15, 0.2) is 59.3 Å². The highest BCUT2D eigenvalue weighted by Crippen LogP contribution is 2.28. The summed E-state index contributed by atoms with van der Waals surface area (Å²) < 4.78 is 5.61. The second-order valence-corrected chi connectivity index (χ2v) is 4.82. The molecule has 102 valence electrons. The van der Waals surface area contributed by atoms with Crippen molar-refractivity contribution in [3.63, 3.8) is 0 Å². The van der Waals surface area contributed by atoms with Gasteiger partial charge in [0.15, 0.2) is 0 Å². The summed E-state index contributed by atoms with van der Waals surface area (Å²) in [4.78, 5) is 4.43. The molecule has 0 saturated heterocycles. The third-order valence-electron chi connectivity index (χ3n) is 3.42. The maximum absolute atomic E-state index is 5.61. The molecule has 1 N–H and O–H groups in total. The zero-order valence-electron chi connectivity index (χ0n) is 11.5. The van der Waals surface area contributed by atoms with Crippen LogP contribution in [0.5, 0.6) is 0 Å². The molecule has 0 aliphatic rings. The predicted molar refractivity (Wildman–Crippen MR) is 80.6 cm³/mol. The Labute approximate surface area is 118 Å². The van der Waals surface area contributed by atoms with E-state index >= 15 is 0 Å². The summed E-state index contributed by atoms with van der Waals surface area (Å²) in [7, 11) is 0. The van der Waals surface area contributed by atoms with E-state index in [-0.39, 0.29) is 6.04 Å². The van der Waals surface area contributed by atoms with Gasteiger partial charge in [-0.3, -0.25) is 4.98 Å². The molecule has 2 heterocycles.